The highest BCUT2D eigenvalue weighted by Crippen LogP contribution is 2.33. The van der Waals surface area contributed by atoms with Crippen LogP contribution in [0.2, 0.25) is 10.0 Å². The van der Waals surface area contributed by atoms with Crippen molar-refractivity contribution in [1.29, 1.82) is 0 Å². The molecule has 0 atom stereocenters. The number of halogens is 2. The molecule has 0 radical (unpaired) electrons. The Morgan fingerprint density at radius 3 is 2.56 bits per heavy atom. The van der Waals surface area contributed by atoms with Gasteiger partial charge in [-0.05, 0) is 42.0 Å². The topological polar surface area (TPSA) is 49.4 Å². The molecule has 0 aliphatic carbocycles. The summed E-state index contributed by atoms with van der Waals surface area (Å²) in [6.45, 7) is 0.212. The van der Waals surface area contributed by atoms with Gasteiger partial charge in [-0.1, -0.05) is 65.4 Å². The van der Waals surface area contributed by atoms with E-state index in [0.717, 1.165) is 5.56 Å². The van der Waals surface area contributed by atoms with Crippen molar-refractivity contribution in [3.8, 4) is 0 Å². The van der Waals surface area contributed by atoms with Crippen LogP contribution in [0.3, 0.4) is 0 Å². The third kappa shape index (κ3) is 5.11. The van der Waals surface area contributed by atoms with Crippen molar-refractivity contribution in [2.45, 2.75) is 6.42 Å². The second kappa shape index (κ2) is 8.89. The lowest BCUT2D eigenvalue weighted by Crippen LogP contribution is -2.31. The Morgan fingerprint density at radius 1 is 1.15 bits per heavy atom. The lowest BCUT2D eigenvalue weighted by molar-refractivity contribution is -0.122. The number of nitrogens with zero attached hydrogens (tertiary/aromatic N) is 1. The van der Waals surface area contributed by atoms with Crippen molar-refractivity contribution < 1.29 is 9.59 Å². The molecule has 0 bridgehead atoms. The Bertz CT molecular complexity index is 930. The highest BCUT2D eigenvalue weighted by Gasteiger charge is 2.32. The number of benzene rings is 2. The SMILES string of the molecule is O=C(CCN1C(=O)/C(=C\c2ccccc2Cl)SC1=S)Nc1ccc(Cl)cc1. The van der Waals surface area contributed by atoms with Crippen LogP contribution in [-0.4, -0.2) is 27.6 Å². The third-order valence-corrected chi connectivity index (χ3v) is 5.73. The minimum Gasteiger partial charge on any atom is -0.326 e. The first-order valence-electron chi connectivity index (χ1n) is 7.99. The van der Waals surface area contributed by atoms with E-state index in [9.17, 15) is 9.59 Å². The number of rotatable bonds is 5. The molecule has 4 nitrogen and oxygen atoms in total. The second-order valence-corrected chi connectivity index (χ2v) is 8.18. The molecule has 138 valence electrons. The summed E-state index contributed by atoms with van der Waals surface area (Å²) in [5.74, 6) is -0.425. The van der Waals surface area contributed by atoms with E-state index in [1.54, 1.807) is 36.4 Å². The van der Waals surface area contributed by atoms with Crippen LogP contribution in [0.5, 0.6) is 0 Å². The predicted molar refractivity (Wildman–Crippen MR) is 116 cm³/mol. The maximum Gasteiger partial charge on any atom is 0.266 e. The summed E-state index contributed by atoms with van der Waals surface area (Å²) in [5.41, 5.74) is 1.40. The number of thiocarbonyl (C=S) groups is 1. The van der Waals surface area contributed by atoms with Gasteiger partial charge in [0.2, 0.25) is 5.91 Å². The van der Waals surface area contributed by atoms with Gasteiger partial charge in [-0.15, -0.1) is 0 Å². The molecule has 0 unspecified atom stereocenters. The predicted octanol–water partition coefficient (Wildman–Crippen LogP) is 5.22. The zero-order chi connectivity index (χ0) is 19.4. The summed E-state index contributed by atoms with van der Waals surface area (Å²) in [6.07, 6.45) is 1.85. The molecule has 1 heterocycles. The van der Waals surface area contributed by atoms with Crippen molar-refractivity contribution in [1.82, 2.24) is 4.90 Å². The monoisotopic (exact) mass is 436 g/mol. The van der Waals surface area contributed by atoms with E-state index in [0.29, 0.717) is 25.0 Å². The standard InChI is InChI=1S/C19H14Cl2N2O2S2/c20-13-5-7-14(8-6-13)22-17(24)9-10-23-18(25)16(27-19(23)26)11-12-3-1-2-4-15(12)21/h1-8,11H,9-10H2,(H,22,24)/b16-11+. The molecule has 8 heteroatoms. The molecule has 1 aliphatic rings. The van der Waals surface area contributed by atoms with Gasteiger partial charge in [-0.25, -0.2) is 0 Å². The largest absolute Gasteiger partial charge is 0.326 e. The van der Waals surface area contributed by atoms with Gasteiger partial charge >= 0.3 is 0 Å². The van der Waals surface area contributed by atoms with Crippen LogP contribution < -0.4 is 5.32 Å². The number of carbonyl (C=O) groups excluding carboxylic acids is 2. The highest BCUT2D eigenvalue weighted by molar-refractivity contribution is 8.26. The summed E-state index contributed by atoms with van der Waals surface area (Å²) < 4.78 is 0.428. The summed E-state index contributed by atoms with van der Waals surface area (Å²) in [7, 11) is 0. The number of amides is 2. The maximum atomic E-state index is 12.6. The van der Waals surface area contributed by atoms with Gasteiger partial charge in [0.25, 0.3) is 5.91 Å². The van der Waals surface area contributed by atoms with Crippen LogP contribution >= 0.6 is 47.2 Å². The summed E-state index contributed by atoms with van der Waals surface area (Å²) in [6, 6.07) is 14.1. The van der Waals surface area contributed by atoms with E-state index in [-0.39, 0.29) is 24.8 Å². The number of hydrogen-bond acceptors (Lipinski definition) is 4. The molecular formula is C19H14Cl2N2O2S2. The van der Waals surface area contributed by atoms with Crippen LogP contribution in [0, 0.1) is 0 Å². The summed E-state index contributed by atoms with van der Waals surface area (Å²) in [5, 5.41) is 3.92. The van der Waals surface area contributed by atoms with E-state index in [2.05, 4.69) is 5.32 Å². The lowest BCUT2D eigenvalue weighted by Gasteiger charge is -2.14. The van der Waals surface area contributed by atoms with Gasteiger partial charge < -0.3 is 5.32 Å². The Balaban J connectivity index is 1.61. The van der Waals surface area contributed by atoms with Gasteiger partial charge in [-0.3, -0.25) is 14.5 Å². The van der Waals surface area contributed by atoms with E-state index in [4.69, 9.17) is 35.4 Å². The molecule has 3 rings (SSSR count). The van der Waals surface area contributed by atoms with Crippen molar-refractivity contribution in [2.24, 2.45) is 0 Å². The van der Waals surface area contributed by atoms with E-state index in [1.807, 2.05) is 18.2 Å². The summed E-state index contributed by atoms with van der Waals surface area (Å²) >= 11 is 18.5. The smallest absolute Gasteiger partial charge is 0.266 e. The van der Waals surface area contributed by atoms with Crippen LogP contribution in [0.15, 0.2) is 53.4 Å². The molecule has 0 spiro atoms. The lowest BCUT2D eigenvalue weighted by atomic mass is 10.2. The molecule has 1 N–H and O–H groups in total. The minimum atomic E-state index is -0.218. The van der Waals surface area contributed by atoms with Crippen molar-refractivity contribution in [3.63, 3.8) is 0 Å². The van der Waals surface area contributed by atoms with Crippen LogP contribution in [-0.2, 0) is 9.59 Å². The quantitative estimate of drug-likeness (QED) is 0.515. The molecule has 1 fully saturated rings. The van der Waals surface area contributed by atoms with Crippen molar-refractivity contribution >= 4 is 75.1 Å². The molecular weight excluding hydrogens is 423 g/mol. The average Bonchev–Trinajstić information content (AvgIpc) is 2.90. The Labute approximate surface area is 176 Å². The van der Waals surface area contributed by atoms with Gasteiger partial charge in [-0.2, -0.15) is 0 Å². The average molecular weight is 437 g/mol. The maximum absolute atomic E-state index is 12.6. The zero-order valence-electron chi connectivity index (χ0n) is 13.9. The minimum absolute atomic E-state index is 0.133. The highest BCUT2D eigenvalue weighted by atomic mass is 35.5. The third-order valence-electron chi connectivity index (χ3n) is 3.76. The molecule has 1 aliphatic heterocycles. The number of nitrogens with one attached hydrogen (secondary N) is 1. The van der Waals surface area contributed by atoms with Crippen molar-refractivity contribution in [2.75, 3.05) is 11.9 Å². The fourth-order valence-corrected chi connectivity index (χ4v) is 4.01. The Kier molecular flexibility index (Phi) is 6.55. The fourth-order valence-electron chi connectivity index (χ4n) is 2.40. The van der Waals surface area contributed by atoms with Crippen LogP contribution in [0.25, 0.3) is 6.08 Å². The Morgan fingerprint density at radius 2 is 1.85 bits per heavy atom. The van der Waals surface area contributed by atoms with Crippen molar-refractivity contribution in [3.05, 3.63) is 69.0 Å². The van der Waals surface area contributed by atoms with Crippen LogP contribution in [0.4, 0.5) is 5.69 Å². The molecule has 2 aromatic rings. The fraction of sp³-hybridized carbons (Fsp3) is 0.105. The summed E-state index contributed by atoms with van der Waals surface area (Å²) in [4.78, 5) is 26.6. The number of anilines is 1. The van der Waals surface area contributed by atoms with E-state index < -0.39 is 0 Å². The van der Waals surface area contributed by atoms with Crippen LogP contribution in [0.1, 0.15) is 12.0 Å². The number of carbonyl (C=O) groups is 2. The molecule has 2 amide bonds. The molecule has 1 saturated heterocycles. The van der Waals surface area contributed by atoms with E-state index >= 15 is 0 Å². The first-order valence-corrected chi connectivity index (χ1v) is 9.97. The van der Waals surface area contributed by atoms with Gasteiger partial charge in [0.05, 0.1) is 4.91 Å². The number of thioether (sulfide) groups is 1. The first kappa shape index (κ1) is 19.9. The van der Waals surface area contributed by atoms with E-state index in [1.165, 1.54) is 16.7 Å². The first-order chi connectivity index (χ1) is 12.9. The zero-order valence-corrected chi connectivity index (χ0v) is 17.1. The number of hydrogen-bond donors (Lipinski definition) is 1. The molecule has 0 saturated carbocycles. The van der Waals surface area contributed by atoms with Gasteiger partial charge in [0.15, 0.2) is 0 Å². The normalized spacial score (nSPS) is 15.5. The second-order valence-electron chi connectivity index (χ2n) is 5.66. The van der Waals surface area contributed by atoms with Gasteiger partial charge in [0.1, 0.15) is 4.32 Å². The molecule has 2 aromatic carbocycles. The Hall–Kier alpha value is -1.86. The molecule has 0 aromatic heterocycles. The van der Waals surface area contributed by atoms with Gasteiger partial charge in [0, 0.05) is 28.7 Å². The molecule has 27 heavy (non-hydrogen) atoms.